The molecule has 0 radical (unpaired) electrons. The molecular weight excluding hydrogens is 150 g/mol. The van der Waals surface area contributed by atoms with Crippen LogP contribution in [0.2, 0.25) is 0 Å². The highest BCUT2D eigenvalue weighted by Crippen LogP contribution is 1.70. The Labute approximate surface area is 64.1 Å². The molecule has 0 aromatic heterocycles. The largest absolute Gasteiger partial charge is 0.478 e. The van der Waals surface area contributed by atoms with Gasteiger partial charge in [-0.15, -0.1) is 0 Å². The number of hydrogen-bond acceptors (Lipinski definition) is 3. The SMILES string of the molecule is CCN.O=C(O)/C=C\C(=O)O. The molecule has 0 aromatic rings. The first-order chi connectivity index (χ1) is 5.04. The second-order valence-electron chi connectivity index (χ2n) is 1.42. The lowest BCUT2D eigenvalue weighted by Crippen LogP contribution is -1.91. The molecule has 0 rings (SSSR count). The quantitative estimate of drug-likeness (QED) is 0.482. The molecule has 0 aliphatic carbocycles. The minimum atomic E-state index is -1.26. The van der Waals surface area contributed by atoms with Crippen LogP contribution in [0.4, 0.5) is 0 Å². The molecule has 0 aliphatic heterocycles. The molecule has 0 saturated heterocycles. The number of carboxylic acids is 2. The molecule has 5 nitrogen and oxygen atoms in total. The van der Waals surface area contributed by atoms with E-state index >= 15 is 0 Å². The lowest BCUT2D eigenvalue weighted by atomic mass is 10.5. The molecule has 0 aromatic carbocycles. The van der Waals surface area contributed by atoms with Crippen molar-refractivity contribution in [3.05, 3.63) is 12.2 Å². The lowest BCUT2D eigenvalue weighted by molar-refractivity contribution is -0.134. The van der Waals surface area contributed by atoms with E-state index in [0.29, 0.717) is 12.2 Å². The fourth-order valence-corrected chi connectivity index (χ4v) is 0.143. The predicted molar refractivity (Wildman–Crippen MR) is 39.1 cm³/mol. The smallest absolute Gasteiger partial charge is 0.328 e. The third-order valence-electron chi connectivity index (χ3n) is 0.368. The van der Waals surface area contributed by atoms with Crippen molar-refractivity contribution in [1.29, 1.82) is 0 Å². The maximum atomic E-state index is 9.55. The summed E-state index contributed by atoms with van der Waals surface area (Å²) in [7, 11) is 0. The first-order valence-corrected chi connectivity index (χ1v) is 2.88. The van der Waals surface area contributed by atoms with Crippen LogP contribution in [0.25, 0.3) is 0 Å². The van der Waals surface area contributed by atoms with Crippen LogP contribution in [-0.4, -0.2) is 28.7 Å². The Balaban J connectivity index is 0. The summed E-state index contributed by atoms with van der Waals surface area (Å²) in [5.74, 6) is -2.51. The Hall–Kier alpha value is -1.36. The first kappa shape index (κ1) is 12.3. The molecule has 0 atom stereocenters. The van der Waals surface area contributed by atoms with Crippen LogP contribution in [0, 0.1) is 0 Å². The number of carboxylic acid groups (broad SMARTS) is 2. The van der Waals surface area contributed by atoms with E-state index < -0.39 is 11.9 Å². The first-order valence-electron chi connectivity index (χ1n) is 2.88. The highest BCUT2D eigenvalue weighted by molar-refractivity contribution is 5.89. The van der Waals surface area contributed by atoms with Gasteiger partial charge in [-0.1, -0.05) is 6.92 Å². The van der Waals surface area contributed by atoms with Crippen LogP contribution in [0.3, 0.4) is 0 Å². The van der Waals surface area contributed by atoms with Gasteiger partial charge in [-0.2, -0.15) is 0 Å². The highest BCUT2D eigenvalue weighted by Gasteiger charge is 1.88. The summed E-state index contributed by atoms with van der Waals surface area (Å²) in [6.45, 7) is 2.65. The molecule has 0 unspecified atom stereocenters. The van der Waals surface area contributed by atoms with Crippen molar-refractivity contribution in [2.75, 3.05) is 6.54 Å². The molecule has 0 bridgehead atoms. The zero-order chi connectivity index (χ0) is 9.28. The lowest BCUT2D eigenvalue weighted by Gasteiger charge is -1.74. The maximum absolute atomic E-state index is 9.55. The number of carbonyl (C=O) groups is 2. The molecule has 5 heteroatoms. The Morgan fingerprint density at radius 2 is 1.45 bits per heavy atom. The van der Waals surface area contributed by atoms with Gasteiger partial charge in [0.25, 0.3) is 0 Å². The van der Waals surface area contributed by atoms with Crippen molar-refractivity contribution >= 4 is 11.9 Å². The van der Waals surface area contributed by atoms with Crippen molar-refractivity contribution in [3.8, 4) is 0 Å². The molecule has 0 saturated carbocycles. The number of aliphatic carboxylic acids is 2. The van der Waals surface area contributed by atoms with E-state index in [9.17, 15) is 9.59 Å². The van der Waals surface area contributed by atoms with E-state index in [1.807, 2.05) is 6.92 Å². The molecule has 0 amide bonds. The number of nitrogens with two attached hydrogens (primary N) is 1. The van der Waals surface area contributed by atoms with Crippen LogP contribution >= 0.6 is 0 Å². The highest BCUT2D eigenvalue weighted by atomic mass is 16.4. The predicted octanol–water partition coefficient (Wildman–Crippen LogP) is -0.323. The maximum Gasteiger partial charge on any atom is 0.328 e. The molecular formula is C6H11NO4. The number of rotatable bonds is 2. The van der Waals surface area contributed by atoms with Gasteiger partial charge in [0, 0.05) is 12.2 Å². The normalized spacial score (nSPS) is 8.55. The fraction of sp³-hybridized carbons (Fsp3) is 0.333. The summed E-state index contributed by atoms with van der Waals surface area (Å²) >= 11 is 0. The summed E-state index contributed by atoms with van der Waals surface area (Å²) in [6.07, 6.45) is 1.12. The monoisotopic (exact) mass is 161 g/mol. The Morgan fingerprint density at radius 1 is 1.27 bits per heavy atom. The summed E-state index contributed by atoms with van der Waals surface area (Å²) in [5, 5.41) is 15.6. The third-order valence-corrected chi connectivity index (χ3v) is 0.368. The van der Waals surface area contributed by atoms with Gasteiger partial charge in [0.05, 0.1) is 0 Å². The van der Waals surface area contributed by atoms with E-state index in [-0.39, 0.29) is 0 Å². The summed E-state index contributed by atoms with van der Waals surface area (Å²) < 4.78 is 0. The van der Waals surface area contributed by atoms with E-state index in [2.05, 4.69) is 0 Å². The minimum absolute atomic E-state index is 0.558. The van der Waals surface area contributed by atoms with Gasteiger partial charge < -0.3 is 15.9 Å². The van der Waals surface area contributed by atoms with Crippen LogP contribution in [0.5, 0.6) is 0 Å². The van der Waals surface area contributed by atoms with E-state index in [1.54, 1.807) is 0 Å². The Kier molecular flexibility index (Phi) is 9.68. The molecule has 64 valence electrons. The average molecular weight is 161 g/mol. The Bertz CT molecular complexity index is 137. The van der Waals surface area contributed by atoms with Crippen LogP contribution < -0.4 is 5.73 Å². The standard InChI is InChI=1S/C4H4O4.C2H7N/c5-3(6)1-2-4(7)8;1-2-3/h1-2H,(H,5,6)(H,7,8);2-3H2,1H3/b2-1-;. The topological polar surface area (TPSA) is 101 Å². The second kappa shape index (κ2) is 8.64. The van der Waals surface area contributed by atoms with Crippen LogP contribution in [0.1, 0.15) is 6.92 Å². The fourth-order valence-electron chi connectivity index (χ4n) is 0.143. The van der Waals surface area contributed by atoms with Gasteiger partial charge in [0.2, 0.25) is 0 Å². The molecule has 0 aliphatic rings. The van der Waals surface area contributed by atoms with Gasteiger partial charge in [0.1, 0.15) is 0 Å². The van der Waals surface area contributed by atoms with E-state index in [0.717, 1.165) is 6.54 Å². The molecule has 0 spiro atoms. The van der Waals surface area contributed by atoms with Gasteiger partial charge in [-0.3, -0.25) is 0 Å². The molecule has 4 N–H and O–H groups in total. The van der Waals surface area contributed by atoms with E-state index in [1.165, 1.54) is 0 Å². The minimum Gasteiger partial charge on any atom is -0.478 e. The zero-order valence-electron chi connectivity index (χ0n) is 6.15. The molecule has 11 heavy (non-hydrogen) atoms. The van der Waals surface area contributed by atoms with Gasteiger partial charge >= 0.3 is 11.9 Å². The van der Waals surface area contributed by atoms with Crippen molar-refractivity contribution < 1.29 is 19.8 Å². The van der Waals surface area contributed by atoms with Crippen molar-refractivity contribution in [2.45, 2.75) is 6.92 Å². The van der Waals surface area contributed by atoms with Crippen molar-refractivity contribution in [2.24, 2.45) is 5.73 Å². The summed E-state index contributed by atoms with van der Waals surface area (Å²) in [4.78, 5) is 19.1. The third kappa shape index (κ3) is 28.8. The zero-order valence-corrected chi connectivity index (χ0v) is 6.15. The Morgan fingerprint density at radius 3 is 1.55 bits per heavy atom. The van der Waals surface area contributed by atoms with E-state index in [4.69, 9.17) is 15.9 Å². The van der Waals surface area contributed by atoms with Gasteiger partial charge in [-0.05, 0) is 6.54 Å². The number of hydrogen-bond donors (Lipinski definition) is 3. The van der Waals surface area contributed by atoms with Crippen LogP contribution in [0.15, 0.2) is 12.2 Å². The molecule has 0 heterocycles. The summed E-state index contributed by atoms with van der Waals surface area (Å²) in [5.41, 5.74) is 4.85. The van der Waals surface area contributed by atoms with Crippen molar-refractivity contribution in [3.63, 3.8) is 0 Å². The average Bonchev–Trinajstić information content (AvgIpc) is 1.85. The second-order valence-corrected chi connectivity index (χ2v) is 1.42. The van der Waals surface area contributed by atoms with Gasteiger partial charge in [-0.25, -0.2) is 9.59 Å². The van der Waals surface area contributed by atoms with Crippen molar-refractivity contribution in [1.82, 2.24) is 0 Å². The van der Waals surface area contributed by atoms with Gasteiger partial charge in [0.15, 0.2) is 0 Å². The summed E-state index contributed by atoms with van der Waals surface area (Å²) in [6, 6.07) is 0. The van der Waals surface area contributed by atoms with Crippen LogP contribution in [-0.2, 0) is 9.59 Å². The molecule has 0 fully saturated rings.